The molecular weight excluding hydrogens is 1450 g/mol. The maximum Gasteiger partial charge on any atom is 0.472 e. The average Bonchev–Trinajstić information content (AvgIpc) is 0.898. The lowest BCUT2D eigenvalue weighted by Gasteiger charge is -2.21. The number of rotatable bonds is 79. The van der Waals surface area contributed by atoms with Gasteiger partial charge in [0.2, 0.25) is 0 Å². The summed E-state index contributed by atoms with van der Waals surface area (Å²) in [4.78, 5) is 73.2. The summed E-state index contributed by atoms with van der Waals surface area (Å²) in [6.07, 6.45) is 102. The first-order chi connectivity index (χ1) is 54.7. The van der Waals surface area contributed by atoms with Crippen molar-refractivity contribution in [2.45, 2.75) is 341 Å². The maximum absolute atomic E-state index is 13.1. The van der Waals surface area contributed by atoms with Gasteiger partial charge in [-0.1, -0.05) is 332 Å². The SMILES string of the molecule is CC/C=C\C/C=C\C/C=C\C/C=C\C/C=C\CCCCCC(=O)OC[C@H](COP(=O)(O)OC[C@@H](O)COP(=O)(O)OC[C@@H](COC(=O)CC/C=C\C/C=C\C/C=C\C/C=C\C/C=C\CCCCC)OC(=O)CCCCCCCCCCCCCCCCC)OC(=O)CC/C=C\C/C=C\C/C=C\C/C=C\C/C=C\CCCCC. The molecule has 0 saturated heterocycles. The molecule has 19 heteroatoms. The van der Waals surface area contributed by atoms with E-state index in [4.69, 9.17) is 37.0 Å². The van der Waals surface area contributed by atoms with E-state index in [1.54, 1.807) is 0 Å². The molecule has 0 aromatic rings. The van der Waals surface area contributed by atoms with E-state index in [0.717, 1.165) is 128 Å². The fourth-order valence-electron chi connectivity index (χ4n) is 10.9. The lowest BCUT2D eigenvalue weighted by atomic mass is 10.0. The summed E-state index contributed by atoms with van der Waals surface area (Å²) in [5.41, 5.74) is 0. The van der Waals surface area contributed by atoms with Crippen LogP contribution in [0.3, 0.4) is 0 Å². The molecule has 112 heavy (non-hydrogen) atoms. The number of hydrogen-bond donors (Lipinski definition) is 3. The number of ether oxygens (including phenoxy) is 4. The molecule has 636 valence electrons. The highest BCUT2D eigenvalue weighted by atomic mass is 31.2. The van der Waals surface area contributed by atoms with Gasteiger partial charge in [-0.05, 0) is 148 Å². The number of carbonyl (C=O) groups excluding carboxylic acids is 4. The highest BCUT2D eigenvalue weighted by Gasteiger charge is 2.30. The molecule has 2 unspecified atom stereocenters. The fourth-order valence-corrected chi connectivity index (χ4v) is 12.4. The van der Waals surface area contributed by atoms with Crippen LogP contribution in [0, 0.1) is 0 Å². The minimum Gasteiger partial charge on any atom is -0.462 e. The Morgan fingerprint density at radius 1 is 0.259 bits per heavy atom. The number of phosphoric ester groups is 2. The number of hydrogen-bond acceptors (Lipinski definition) is 15. The second kappa shape index (κ2) is 83.1. The zero-order chi connectivity index (χ0) is 81.7. The third kappa shape index (κ3) is 82.2. The van der Waals surface area contributed by atoms with Crippen LogP contribution in [0.1, 0.15) is 323 Å². The van der Waals surface area contributed by atoms with Gasteiger partial charge < -0.3 is 33.8 Å². The van der Waals surface area contributed by atoms with Crippen molar-refractivity contribution in [2.24, 2.45) is 0 Å². The van der Waals surface area contributed by atoms with Crippen LogP contribution in [-0.2, 0) is 65.4 Å². The van der Waals surface area contributed by atoms with Crippen LogP contribution in [0.2, 0.25) is 0 Å². The Kier molecular flexibility index (Phi) is 78.8. The molecule has 3 N–H and O–H groups in total. The molecule has 0 bridgehead atoms. The molecule has 0 amide bonds. The van der Waals surface area contributed by atoms with Gasteiger partial charge in [0.1, 0.15) is 19.3 Å². The first-order valence-electron chi connectivity index (χ1n) is 43.0. The van der Waals surface area contributed by atoms with Crippen LogP contribution in [0.4, 0.5) is 0 Å². The first kappa shape index (κ1) is 106. The van der Waals surface area contributed by atoms with Gasteiger partial charge in [-0.3, -0.25) is 37.3 Å². The summed E-state index contributed by atoms with van der Waals surface area (Å²) >= 11 is 0. The molecule has 0 rings (SSSR count). The van der Waals surface area contributed by atoms with E-state index in [0.29, 0.717) is 38.5 Å². The highest BCUT2D eigenvalue weighted by molar-refractivity contribution is 7.47. The molecule has 0 aromatic carbocycles. The van der Waals surface area contributed by atoms with Crippen molar-refractivity contribution >= 4 is 39.5 Å². The van der Waals surface area contributed by atoms with Crippen LogP contribution < -0.4 is 0 Å². The van der Waals surface area contributed by atoms with Gasteiger partial charge in [0.15, 0.2) is 12.2 Å². The van der Waals surface area contributed by atoms with Crippen molar-refractivity contribution < 1.29 is 80.2 Å². The van der Waals surface area contributed by atoms with E-state index in [-0.39, 0.29) is 25.7 Å². The van der Waals surface area contributed by atoms with Crippen LogP contribution in [0.15, 0.2) is 182 Å². The number of allylic oxidation sites excluding steroid dienone is 30. The average molecular weight is 1600 g/mol. The lowest BCUT2D eigenvalue weighted by Crippen LogP contribution is -2.30. The van der Waals surface area contributed by atoms with E-state index in [9.17, 15) is 43.2 Å². The Morgan fingerprint density at radius 2 is 0.482 bits per heavy atom. The number of carbonyl (C=O) groups is 4. The Bertz CT molecular complexity index is 2840. The Morgan fingerprint density at radius 3 is 0.804 bits per heavy atom. The van der Waals surface area contributed by atoms with E-state index in [2.05, 4.69) is 180 Å². The molecule has 0 fully saturated rings. The topological polar surface area (TPSA) is 237 Å². The number of esters is 4. The predicted octanol–water partition coefficient (Wildman–Crippen LogP) is 25.9. The van der Waals surface area contributed by atoms with E-state index in [1.807, 2.05) is 30.4 Å². The fraction of sp³-hybridized carbons (Fsp3) is 0.634. The molecule has 0 aromatic heterocycles. The summed E-state index contributed by atoms with van der Waals surface area (Å²) in [5.74, 6) is -2.41. The second-order valence-electron chi connectivity index (χ2n) is 28.0. The highest BCUT2D eigenvalue weighted by Crippen LogP contribution is 2.45. The van der Waals surface area contributed by atoms with E-state index in [1.165, 1.54) is 103 Å². The molecule has 0 aliphatic heterocycles. The minimum atomic E-state index is -5.02. The Balaban J connectivity index is 5.55. The van der Waals surface area contributed by atoms with Gasteiger partial charge in [0.25, 0.3) is 0 Å². The van der Waals surface area contributed by atoms with Crippen molar-refractivity contribution in [3.05, 3.63) is 182 Å². The quantitative estimate of drug-likeness (QED) is 0.0169. The van der Waals surface area contributed by atoms with Crippen molar-refractivity contribution in [2.75, 3.05) is 39.6 Å². The maximum atomic E-state index is 13.1. The normalized spacial score (nSPS) is 14.7. The number of aliphatic hydroxyl groups is 1. The molecule has 0 saturated carbocycles. The van der Waals surface area contributed by atoms with E-state index < -0.39 is 97.5 Å². The summed E-state index contributed by atoms with van der Waals surface area (Å²) in [6, 6.07) is 0. The summed E-state index contributed by atoms with van der Waals surface area (Å²) in [5, 5.41) is 10.7. The zero-order valence-corrected chi connectivity index (χ0v) is 71.6. The number of aliphatic hydroxyl groups excluding tert-OH is 1. The van der Waals surface area contributed by atoms with E-state index >= 15 is 0 Å². The second-order valence-corrected chi connectivity index (χ2v) is 30.9. The lowest BCUT2D eigenvalue weighted by molar-refractivity contribution is -0.161. The zero-order valence-electron chi connectivity index (χ0n) is 69.8. The molecule has 17 nitrogen and oxygen atoms in total. The Hall–Kier alpha value is -5.84. The number of phosphoric acid groups is 2. The molecular formula is C93H152O17P2. The number of unbranched alkanes of at least 4 members (excludes halogenated alkanes) is 23. The largest absolute Gasteiger partial charge is 0.472 e. The molecule has 0 aliphatic rings. The van der Waals surface area contributed by atoms with Crippen molar-refractivity contribution in [3.8, 4) is 0 Å². The van der Waals surface area contributed by atoms with Crippen LogP contribution in [-0.4, -0.2) is 96.7 Å². The van der Waals surface area contributed by atoms with Gasteiger partial charge in [0.05, 0.1) is 26.4 Å². The smallest absolute Gasteiger partial charge is 0.462 e. The van der Waals surface area contributed by atoms with Gasteiger partial charge in [-0.2, -0.15) is 0 Å². The third-order valence-electron chi connectivity index (χ3n) is 17.4. The molecule has 0 aliphatic carbocycles. The first-order valence-corrected chi connectivity index (χ1v) is 46.0. The molecule has 5 atom stereocenters. The summed E-state index contributed by atoms with van der Waals surface area (Å²) in [7, 11) is -10.0. The van der Waals surface area contributed by atoms with Gasteiger partial charge in [-0.15, -0.1) is 0 Å². The monoisotopic (exact) mass is 1600 g/mol. The van der Waals surface area contributed by atoms with Crippen LogP contribution >= 0.6 is 15.6 Å². The van der Waals surface area contributed by atoms with Crippen molar-refractivity contribution in [3.63, 3.8) is 0 Å². The standard InChI is InChI=1S/C93H152O17P2/c1-5-9-13-17-21-25-29-33-37-40-43-46-50-53-57-61-65-69-73-77-90(95)103-83-88(109-92(97)79-75-71-67-63-59-55-49-36-32-28-24-20-16-12-8-4)85-107-111(99,100)105-81-87(94)82-106-112(101,102)108-86-89(110-93(98)80-76-72-68-64-60-56-52-48-45-42-39-35-31-27-23-19-15-11-7-3)84-104-91(96)78-74-70-66-62-58-54-51-47-44-41-38-34-30-26-22-18-14-10-6-2/h10,14,21-23,25-27,33-35,37-39,43-48,53-54,56-58,60,65,68-69,72,87-89,94H,5-9,11-13,15-20,24,28-32,36,40-42,49-52,55,59,61-64,66-67,70-71,73-86H2,1-4H3,(H,99,100)(H,101,102)/b14-10-,25-21-,26-22-,27-23-,37-33-,38-34-,39-35-,46-43-,47-44-,48-45-,57-53-,58-54-,60-56-,69-65-,72-68-/t87-,88+,89+/m0/s1. The molecule has 0 radical (unpaired) electrons. The van der Waals surface area contributed by atoms with Crippen LogP contribution in [0.5, 0.6) is 0 Å². The van der Waals surface area contributed by atoms with Crippen LogP contribution in [0.25, 0.3) is 0 Å². The summed E-state index contributed by atoms with van der Waals surface area (Å²) in [6.45, 7) is 4.51. The third-order valence-corrected chi connectivity index (χ3v) is 19.3. The summed E-state index contributed by atoms with van der Waals surface area (Å²) < 4.78 is 68.6. The van der Waals surface area contributed by atoms with Crippen molar-refractivity contribution in [1.29, 1.82) is 0 Å². The predicted molar refractivity (Wildman–Crippen MR) is 463 cm³/mol. The molecule has 0 spiro atoms. The van der Waals surface area contributed by atoms with Gasteiger partial charge in [0, 0.05) is 25.7 Å². The van der Waals surface area contributed by atoms with Gasteiger partial charge in [-0.25, -0.2) is 9.13 Å². The van der Waals surface area contributed by atoms with Crippen molar-refractivity contribution in [1.82, 2.24) is 0 Å². The minimum absolute atomic E-state index is 0.0320. The Labute approximate surface area is 679 Å². The van der Waals surface area contributed by atoms with Gasteiger partial charge >= 0.3 is 39.5 Å². The molecule has 0 heterocycles.